The highest BCUT2D eigenvalue weighted by Gasteiger charge is 2.23. The third kappa shape index (κ3) is 5.62. The van der Waals surface area contributed by atoms with Crippen LogP contribution in [0.15, 0.2) is 176 Å². The third-order valence-corrected chi connectivity index (χ3v) is 10.3. The van der Waals surface area contributed by atoms with E-state index in [4.69, 9.17) is 42.6 Å². The Morgan fingerprint density at radius 3 is 1.33 bits per heavy atom. The van der Waals surface area contributed by atoms with Crippen molar-refractivity contribution in [3.05, 3.63) is 159 Å². The topological polar surface area (TPSA) is 156 Å². The Bertz CT molecular complexity index is 3540. The molecular formula is C48H26N8O4. The predicted molar refractivity (Wildman–Crippen MR) is 226 cm³/mol. The van der Waals surface area contributed by atoms with Gasteiger partial charge < -0.3 is 17.7 Å². The standard InChI is InChI=1S/C48H26N8O4/c1-3-17-39-35(13-1)53-45(57-39)29-21-27(23-49-25-29)28-22-30(26-50-24-28)46-55-37-15-5-9-31(43(37)59-46)32-10-6-16-38-44(32)60-48(56-38)34-12-8-20-52-42(34)41-33(11-7-19-51-41)47-54-36-14-2-4-18-40(36)58-47/h1-26H. The molecule has 12 heteroatoms. The molecule has 0 spiro atoms. The molecule has 0 aliphatic rings. The van der Waals surface area contributed by atoms with Gasteiger partial charge in [-0.1, -0.05) is 48.5 Å². The second kappa shape index (κ2) is 13.5. The SMILES string of the molecule is c1cnc(-c2ncccc2-c2nc3cccc(-c4cccc5nc(-c6cncc(-c7cncc(-c8nc9ccccc9o8)c7)c6)oc45)c3o2)c(-c2nc3ccccc3o2)c1. The van der Waals surface area contributed by atoms with Gasteiger partial charge in [-0.2, -0.15) is 0 Å². The largest absolute Gasteiger partial charge is 0.436 e. The van der Waals surface area contributed by atoms with Gasteiger partial charge in [0.25, 0.3) is 0 Å². The van der Waals surface area contributed by atoms with E-state index in [1.807, 2.05) is 121 Å². The van der Waals surface area contributed by atoms with Gasteiger partial charge in [0.15, 0.2) is 22.3 Å². The summed E-state index contributed by atoms with van der Waals surface area (Å²) in [5.41, 5.74) is 12.7. The molecule has 0 fully saturated rings. The Hall–Kier alpha value is -8.64. The molecule has 4 aromatic carbocycles. The summed E-state index contributed by atoms with van der Waals surface area (Å²) in [4.78, 5) is 37.8. The molecule has 12 nitrogen and oxygen atoms in total. The number of benzene rings is 4. The fourth-order valence-corrected chi connectivity index (χ4v) is 7.51. The third-order valence-electron chi connectivity index (χ3n) is 10.3. The van der Waals surface area contributed by atoms with Gasteiger partial charge in [0, 0.05) is 59.4 Å². The predicted octanol–water partition coefficient (Wildman–Crippen LogP) is 11.5. The normalized spacial score (nSPS) is 11.7. The number of para-hydroxylation sites is 6. The van der Waals surface area contributed by atoms with Crippen molar-refractivity contribution in [2.75, 3.05) is 0 Å². The first-order valence-electron chi connectivity index (χ1n) is 19.0. The molecule has 0 bridgehead atoms. The fourth-order valence-electron chi connectivity index (χ4n) is 7.51. The number of hydrogen-bond donors (Lipinski definition) is 0. The molecule has 0 unspecified atom stereocenters. The Balaban J connectivity index is 0.909. The summed E-state index contributed by atoms with van der Waals surface area (Å²) in [6.07, 6.45) is 10.5. The van der Waals surface area contributed by atoms with Gasteiger partial charge >= 0.3 is 0 Å². The summed E-state index contributed by atoms with van der Waals surface area (Å²) >= 11 is 0. The smallest absolute Gasteiger partial charge is 0.229 e. The van der Waals surface area contributed by atoms with Crippen molar-refractivity contribution in [1.82, 2.24) is 39.9 Å². The van der Waals surface area contributed by atoms with Crippen LogP contribution in [0, 0.1) is 0 Å². The van der Waals surface area contributed by atoms with E-state index in [9.17, 15) is 0 Å². The maximum atomic E-state index is 6.65. The first-order valence-corrected chi connectivity index (χ1v) is 19.0. The lowest BCUT2D eigenvalue weighted by atomic mass is 10.0. The van der Waals surface area contributed by atoms with Crippen LogP contribution in [0.2, 0.25) is 0 Å². The van der Waals surface area contributed by atoms with Gasteiger partial charge in [0.2, 0.25) is 23.6 Å². The second-order valence-corrected chi connectivity index (χ2v) is 14.0. The Morgan fingerprint density at radius 1 is 0.333 bits per heavy atom. The lowest BCUT2D eigenvalue weighted by molar-refractivity contribution is 0.616. The van der Waals surface area contributed by atoms with E-state index < -0.39 is 0 Å². The van der Waals surface area contributed by atoms with E-state index in [1.165, 1.54) is 0 Å². The number of nitrogens with zero attached hydrogens (tertiary/aromatic N) is 8. The molecule has 0 N–H and O–H groups in total. The summed E-state index contributed by atoms with van der Waals surface area (Å²) < 4.78 is 25.4. The first kappa shape index (κ1) is 33.5. The van der Waals surface area contributed by atoms with Gasteiger partial charge in [-0.3, -0.25) is 19.9 Å². The number of hydrogen-bond acceptors (Lipinski definition) is 12. The Labute approximate surface area is 338 Å². The highest BCUT2D eigenvalue weighted by Crippen LogP contribution is 2.41. The Kier molecular flexibility index (Phi) is 7.53. The molecule has 0 aliphatic heterocycles. The number of rotatable bonds is 7. The van der Waals surface area contributed by atoms with E-state index in [2.05, 4.69) is 15.0 Å². The summed E-state index contributed by atoms with van der Waals surface area (Å²) in [5.74, 6) is 1.75. The molecule has 0 aliphatic carbocycles. The van der Waals surface area contributed by atoms with E-state index in [0.717, 1.165) is 38.9 Å². The molecule has 0 atom stereocenters. The molecule has 0 saturated carbocycles. The van der Waals surface area contributed by atoms with Crippen LogP contribution in [0.5, 0.6) is 0 Å². The van der Waals surface area contributed by atoms with Crippen LogP contribution in [0.3, 0.4) is 0 Å². The van der Waals surface area contributed by atoms with Gasteiger partial charge in [-0.05, 0) is 72.8 Å². The average Bonchev–Trinajstić information content (AvgIpc) is 4.13. The van der Waals surface area contributed by atoms with Crippen molar-refractivity contribution in [2.45, 2.75) is 0 Å². The average molecular weight is 779 g/mol. The fraction of sp³-hybridized carbons (Fsp3) is 0. The zero-order valence-corrected chi connectivity index (χ0v) is 31.2. The van der Waals surface area contributed by atoms with E-state index in [-0.39, 0.29) is 0 Å². The number of fused-ring (bicyclic) bond motifs is 4. The summed E-state index contributed by atoms with van der Waals surface area (Å²) in [6.45, 7) is 0. The molecule has 8 aromatic heterocycles. The van der Waals surface area contributed by atoms with E-state index in [0.29, 0.717) is 85.0 Å². The first-order chi connectivity index (χ1) is 29.7. The van der Waals surface area contributed by atoms with Gasteiger partial charge in [0.05, 0.1) is 22.3 Å². The van der Waals surface area contributed by atoms with Gasteiger partial charge in [-0.15, -0.1) is 0 Å². The van der Waals surface area contributed by atoms with Crippen LogP contribution in [-0.4, -0.2) is 39.9 Å². The maximum absolute atomic E-state index is 6.65. The van der Waals surface area contributed by atoms with Crippen LogP contribution in [-0.2, 0) is 0 Å². The van der Waals surface area contributed by atoms with Crippen molar-refractivity contribution in [3.8, 4) is 79.5 Å². The minimum absolute atomic E-state index is 0.387. The van der Waals surface area contributed by atoms with Gasteiger partial charge in [0.1, 0.15) is 33.5 Å². The summed E-state index contributed by atoms with van der Waals surface area (Å²) in [5, 5.41) is 0. The van der Waals surface area contributed by atoms with Crippen molar-refractivity contribution in [2.24, 2.45) is 0 Å². The van der Waals surface area contributed by atoms with Crippen LogP contribution >= 0.6 is 0 Å². The minimum Gasteiger partial charge on any atom is -0.436 e. The molecular weight excluding hydrogens is 753 g/mol. The van der Waals surface area contributed by atoms with Crippen molar-refractivity contribution < 1.29 is 17.7 Å². The highest BCUT2D eigenvalue weighted by atomic mass is 16.4. The molecule has 0 saturated heterocycles. The highest BCUT2D eigenvalue weighted by molar-refractivity contribution is 6.00. The van der Waals surface area contributed by atoms with Gasteiger partial charge in [-0.25, -0.2) is 19.9 Å². The van der Waals surface area contributed by atoms with Crippen LogP contribution < -0.4 is 0 Å². The number of oxazole rings is 4. The lowest BCUT2D eigenvalue weighted by Crippen LogP contribution is -1.94. The van der Waals surface area contributed by atoms with Crippen LogP contribution in [0.4, 0.5) is 0 Å². The molecule has 282 valence electrons. The molecule has 0 amide bonds. The zero-order chi connectivity index (χ0) is 39.6. The van der Waals surface area contributed by atoms with Crippen molar-refractivity contribution in [3.63, 3.8) is 0 Å². The second-order valence-electron chi connectivity index (χ2n) is 14.0. The van der Waals surface area contributed by atoms with E-state index >= 15 is 0 Å². The molecule has 12 aromatic rings. The summed E-state index contributed by atoms with van der Waals surface area (Å²) in [7, 11) is 0. The number of pyridine rings is 4. The molecule has 8 heterocycles. The van der Waals surface area contributed by atoms with E-state index in [1.54, 1.807) is 37.2 Å². The zero-order valence-electron chi connectivity index (χ0n) is 31.2. The monoisotopic (exact) mass is 778 g/mol. The molecule has 12 rings (SSSR count). The molecule has 0 radical (unpaired) electrons. The molecule has 60 heavy (non-hydrogen) atoms. The maximum Gasteiger partial charge on any atom is 0.229 e. The van der Waals surface area contributed by atoms with Crippen LogP contribution in [0.25, 0.3) is 124 Å². The van der Waals surface area contributed by atoms with Crippen LogP contribution in [0.1, 0.15) is 0 Å². The van der Waals surface area contributed by atoms with Crippen molar-refractivity contribution in [1.29, 1.82) is 0 Å². The summed E-state index contributed by atoms with van der Waals surface area (Å²) in [6, 6.07) is 38.5. The Morgan fingerprint density at radius 2 is 0.750 bits per heavy atom. The quantitative estimate of drug-likeness (QED) is 0.151. The minimum atomic E-state index is 0.387. The number of aromatic nitrogens is 8. The lowest BCUT2D eigenvalue weighted by Gasteiger charge is -2.08. The van der Waals surface area contributed by atoms with Crippen molar-refractivity contribution >= 4 is 44.4 Å².